The quantitative estimate of drug-likeness (QED) is 0.509. The van der Waals surface area contributed by atoms with Crippen LogP contribution in [0.15, 0.2) is 72.9 Å². The number of nitrogens with one attached hydrogen (secondary N) is 1. The molecule has 5 heteroatoms. The first-order chi connectivity index (χ1) is 14.2. The summed E-state index contributed by atoms with van der Waals surface area (Å²) in [5.74, 6) is 0.741. The predicted octanol–water partition coefficient (Wildman–Crippen LogP) is 5.00. The van der Waals surface area contributed by atoms with E-state index in [0.717, 1.165) is 41.1 Å². The van der Waals surface area contributed by atoms with Gasteiger partial charge in [-0.2, -0.15) is 0 Å². The van der Waals surface area contributed by atoms with Crippen molar-refractivity contribution < 1.29 is 4.79 Å². The van der Waals surface area contributed by atoms with Gasteiger partial charge in [0.2, 0.25) is 0 Å². The van der Waals surface area contributed by atoms with Gasteiger partial charge in [0.05, 0.1) is 6.04 Å². The van der Waals surface area contributed by atoms with E-state index < -0.39 is 0 Å². The summed E-state index contributed by atoms with van der Waals surface area (Å²) in [4.78, 5) is 22.1. The lowest BCUT2D eigenvalue weighted by Gasteiger charge is -2.15. The molecule has 5 nitrogen and oxygen atoms in total. The third-order valence-corrected chi connectivity index (χ3v) is 4.98. The molecule has 0 aliphatic rings. The molecule has 0 radical (unpaired) electrons. The number of aromatic nitrogens is 3. The van der Waals surface area contributed by atoms with Crippen LogP contribution in [0.3, 0.4) is 0 Å². The number of carbonyl (C=O) groups is 1. The zero-order chi connectivity index (χ0) is 20.2. The summed E-state index contributed by atoms with van der Waals surface area (Å²) in [6.07, 6.45) is 2.76. The van der Waals surface area contributed by atoms with Crippen LogP contribution < -0.4 is 5.32 Å². The predicted molar refractivity (Wildman–Crippen MR) is 116 cm³/mol. The van der Waals surface area contributed by atoms with E-state index in [0.29, 0.717) is 5.56 Å². The fourth-order valence-electron chi connectivity index (χ4n) is 3.52. The molecule has 0 saturated carbocycles. The molecule has 4 rings (SSSR count). The molecule has 1 amide bonds. The van der Waals surface area contributed by atoms with Gasteiger partial charge in [-0.15, -0.1) is 0 Å². The molecule has 29 heavy (non-hydrogen) atoms. The van der Waals surface area contributed by atoms with Crippen molar-refractivity contribution >= 4 is 17.1 Å². The van der Waals surface area contributed by atoms with Crippen LogP contribution in [-0.4, -0.2) is 20.4 Å². The lowest BCUT2D eigenvalue weighted by atomic mass is 10.1. The molecule has 1 atom stereocenters. The molecule has 0 bridgehead atoms. The zero-order valence-corrected chi connectivity index (χ0v) is 16.7. The zero-order valence-electron chi connectivity index (χ0n) is 16.7. The number of rotatable bonds is 6. The van der Waals surface area contributed by atoms with E-state index in [9.17, 15) is 4.79 Å². The Morgan fingerprint density at radius 2 is 1.90 bits per heavy atom. The minimum atomic E-state index is -0.0977. The topological polar surface area (TPSA) is 59.8 Å². The number of imidazole rings is 1. The summed E-state index contributed by atoms with van der Waals surface area (Å²) < 4.78 is 2.12. The van der Waals surface area contributed by atoms with Gasteiger partial charge in [-0.3, -0.25) is 4.79 Å². The molecule has 0 saturated heterocycles. The standard InChI is InChI=1S/C24H24N4O/c1-3-15-28-22(27-21-13-8-14-25-23(21)28)19-11-7-12-20(16-19)24(29)26-17(2)18-9-5-4-6-10-18/h4-14,16-17H,3,15H2,1-2H3,(H,26,29)/t17-/m1/s1. The number of hydrogen-bond donors (Lipinski definition) is 1. The number of amides is 1. The van der Waals surface area contributed by atoms with Gasteiger partial charge in [-0.25, -0.2) is 9.97 Å². The van der Waals surface area contributed by atoms with E-state index in [2.05, 4.69) is 21.8 Å². The lowest BCUT2D eigenvalue weighted by Crippen LogP contribution is -2.26. The maximum absolute atomic E-state index is 12.8. The summed E-state index contributed by atoms with van der Waals surface area (Å²) in [7, 11) is 0. The molecular formula is C24H24N4O. The number of carbonyl (C=O) groups excluding carboxylic acids is 1. The first-order valence-electron chi connectivity index (χ1n) is 9.95. The molecule has 0 spiro atoms. The Morgan fingerprint density at radius 3 is 2.69 bits per heavy atom. The van der Waals surface area contributed by atoms with Crippen molar-refractivity contribution in [3.63, 3.8) is 0 Å². The maximum Gasteiger partial charge on any atom is 0.251 e. The third-order valence-electron chi connectivity index (χ3n) is 4.98. The maximum atomic E-state index is 12.8. The second-order valence-electron chi connectivity index (χ2n) is 7.12. The van der Waals surface area contributed by atoms with Crippen molar-refractivity contribution in [2.45, 2.75) is 32.9 Å². The average Bonchev–Trinajstić information content (AvgIpc) is 3.13. The van der Waals surface area contributed by atoms with Crippen molar-refractivity contribution in [1.29, 1.82) is 0 Å². The minimum absolute atomic E-state index is 0.0683. The Balaban J connectivity index is 1.65. The van der Waals surface area contributed by atoms with Crippen molar-refractivity contribution in [3.05, 3.63) is 84.1 Å². The van der Waals surface area contributed by atoms with Gasteiger partial charge in [0.15, 0.2) is 5.65 Å². The molecule has 0 aliphatic carbocycles. The number of fused-ring (bicyclic) bond motifs is 1. The fourth-order valence-corrected chi connectivity index (χ4v) is 3.52. The highest BCUT2D eigenvalue weighted by molar-refractivity contribution is 5.95. The van der Waals surface area contributed by atoms with E-state index in [-0.39, 0.29) is 11.9 Å². The van der Waals surface area contributed by atoms with Gasteiger partial charge >= 0.3 is 0 Å². The second-order valence-corrected chi connectivity index (χ2v) is 7.12. The van der Waals surface area contributed by atoms with Gasteiger partial charge < -0.3 is 9.88 Å². The second kappa shape index (κ2) is 8.27. The van der Waals surface area contributed by atoms with Gasteiger partial charge in [0, 0.05) is 23.9 Å². The van der Waals surface area contributed by atoms with Crippen LogP contribution in [0.2, 0.25) is 0 Å². The Hall–Kier alpha value is -3.47. The van der Waals surface area contributed by atoms with Crippen LogP contribution in [0.5, 0.6) is 0 Å². The van der Waals surface area contributed by atoms with Crippen LogP contribution >= 0.6 is 0 Å². The van der Waals surface area contributed by atoms with E-state index in [1.807, 2.05) is 73.7 Å². The first kappa shape index (κ1) is 18.9. The van der Waals surface area contributed by atoms with Crippen LogP contribution in [-0.2, 0) is 6.54 Å². The average molecular weight is 384 g/mol. The molecule has 1 N–H and O–H groups in total. The van der Waals surface area contributed by atoms with E-state index in [1.54, 1.807) is 6.20 Å². The summed E-state index contributed by atoms with van der Waals surface area (Å²) >= 11 is 0. The highest BCUT2D eigenvalue weighted by Gasteiger charge is 2.16. The summed E-state index contributed by atoms with van der Waals surface area (Å²) in [6.45, 7) is 4.95. The fraction of sp³-hybridized carbons (Fsp3) is 0.208. The summed E-state index contributed by atoms with van der Waals surface area (Å²) in [5.41, 5.74) is 4.35. The molecule has 2 aromatic carbocycles. The van der Waals surface area contributed by atoms with Gasteiger partial charge in [0.25, 0.3) is 5.91 Å². The summed E-state index contributed by atoms with van der Waals surface area (Å²) in [5, 5.41) is 3.08. The van der Waals surface area contributed by atoms with E-state index in [4.69, 9.17) is 4.98 Å². The molecule has 146 valence electrons. The molecule has 0 aliphatic heterocycles. The van der Waals surface area contributed by atoms with E-state index in [1.165, 1.54) is 0 Å². The first-order valence-corrected chi connectivity index (χ1v) is 9.95. The number of hydrogen-bond acceptors (Lipinski definition) is 3. The smallest absolute Gasteiger partial charge is 0.251 e. The van der Waals surface area contributed by atoms with Crippen LogP contribution in [0, 0.1) is 0 Å². The monoisotopic (exact) mass is 384 g/mol. The van der Waals surface area contributed by atoms with Crippen molar-refractivity contribution in [2.24, 2.45) is 0 Å². The Morgan fingerprint density at radius 1 is 1.07 bits per heavy atom. The molecule has 2 heterocycles. The van der Waals surface area contributed by atoms with Crippen molar-refractivity contribution in [2.75, 3.05) is 0 Å². The number of nitrogens with zero attached hydrogens (tertiary/aromatic N) is 3. The largest absolute Gasteiger partial charge is 0.346 e. The van der Waals surface area contributed by atoms with Crippen molar-refractivity contribution in [3.8, 4) is 11.4 Å². The molecular weight excluding hydrogens is 360 g/mol. The molecule has 4 aromatic rings. The third kappa shape index (κ3) is 3.90. The Labute approximate surface area is 170 Å². The molecule has 2 aromatic heterocycles. The van der Waals surface area contributed by atoms with Crippen LogP contribution in [0.25, 0.3) is 22.6 Å². The highest BCUT2D eigenvalue weighted by Crippen LogP contribution is 2.25. The Bertz CT molecular complexity index is 1130. The Kier molecular flexibility index (Phi) is 5.38. The van der Waals surface area contributed by atoms with Crippen molar-refractivity contribution in [1.82, 2.24) is 19.9 Å². The van der Waals surface area contributed by atoms with Gasteiger partial charge in [-0.05, 0) is 43.2 Å². The highest BCUT2D eigenvalue weighted by atomic mass is 16.1. The number of benzene rings is 2. The molecule has 0 unspecified atom stereocenters. The molecule has 0 fully saturated rings. The van der Waals surface area contributed by atoms with Crippen LogP contribution in [0.1, 0.15) is 42.2 Å². The minimum Gasteiger partial charge on any atom is -0.346 e. The lowest BCUT2D eigenvalue weighted by molar-refractivity contribution is 0.0940. The van der Waals surface area contributed by atoms with Crippen LogP contribution in [0.4, 0.5) is 0 Å². The number of aryl methyl sites for hydroxylation is 1. The SMILES string of the molecule is CCCn1c(-c2cccc(C(=O)N[C@H](C)c3ccccc3)c2)nc2cccnc21. The van der Waals surface area contributed by atoms with Gasteiger partial charge in [-0.1, -0.05) is 49.4 Å². The van der Waals surface area contributed by atoms with E-state index >= 15 is 0 Å². The van der Waals surface area contributed by atoms with Gasteiger partial charge in [0.1, 0.15) is 11.3 Å². The summed E-state index contributed by atoms with van der Waals surface area (Å²) in [6, 6.07) is 21.4. The normalized spacial score (nSPS) is 12.1. The number of pyridine rings is 1.